The van der Waals surface area contributed by atoms with E-state index < -0.39 is 18.0 Å². The number of nitrogens with zero attached hydrogens (tertiary/aromatic N) is 2. The first-order valence-corrected chi connectivity index (χ1v) is 12.0. The molecule has 3 aromatic carbocycles. The van der Waals surface area contributed by atoms with Crippen molar-refractivity contribution < 1.29 is 23.5 Å². The Morgan fingerprint density at radius 1 is 0.944 bits per heavy atom. The number of hydrogen-bond acceptors (Lipinski definition) is 8. The largest absolute Gasteiger partial charge is 0.496 e. The number of hydrogen-bond donors (Lipinski definition) is 1. The van der Waals surface area contributed by atoms with E-state index in [0.717, 1.165) is 5.56 Å². The summed E-state index contributed by atoms with van der Waals surface area (Å²) in [6.07, 6.45) is -1.06. The van der Waals surface area contributed by atoms with Crippen LogP contribution in [0.1, 0.15) is 17.3 Å². The normalized spacial score (nSPS) is 11.7. The molecule has 9 heteroatoms. The number of nitrogens with one attached hydrogen (secondary N) is 1. The predicted molar refractivity (Wildman–Crippen MR) is 137 cm³/mol. The van der Waals surface area contributed by atoms with Gasteiger partial charge >= 0.3 is 5.97 Å². The van der Waals surface area contributed by atoms with Crippen molar-refractivity contribution >= 4 is 39.4 Å². The lowest BCUT2D eigenvalue weighted by Gasteiger charge is -2.13. The van der Waals surface area contributed by atoms with E-state index in [9.17, 15) is 9.59 Å². The highest BCUT2D eigenvalue weighted by Gasteiger charge is 2.24. The van der Waals surface area contributed by atoms with Crippen LogP contribution in [0.3, 0.4) is 0 Å². The van der Waals surface area contributed by atoms with Gasteiger partial charge in [0.15, 0.2) is 16.8 Å². The molecule has 0 fully saturated rings. The summed E-state index contributed by atoms with van der Waals surface area (Å²) in [6, 6.07) is 21.6. The van der Waals surface area contributed by atoms with E-state index in [-0.39, 0.29) is 5.56 Å². The number of carbonyl (C=O) groups is 2. The molecule has 0 aliphatic rings. The standard InChI is InChI=1S/C27H21N3O5S/c1-16(24(31)30-27-29-21(15-36-27)19-11-5-7-13-22(19)33-2)34-26(32)18-10-4-3-9-17(18)25-28-20-12-6-8-14-23(20)35-25/h3-16H,1-2H3,(H,29,30,31). The van der Waals surface area contributed by atoms with Gasteiger partial charge in [0.2, 0.25) is 5.89 Å². The fourth-order valence-electron chi connectivity index (χ4n) is 3.63. The average molecular weight is 500 g/mol. The number of fused-ring (bicyclic) bond motifs is 1. The summed E-state index contributed by atoms with van der Waals surface area (Å²) in [5, 5.41) is 4.91. The Morgan fingerprint density at radius 2 is 1.67 bits per heavy atom. The number of anilines is 1. The summed E-state index contributed by atoms with van der Waals surface area (Å²) in [5.41, 5.74) is 3.50. The fourth-order valence-corrected chi connectivity index (χ4v) is 4.34. The van der Waals surface area contributed by atoms with Gasteiger partial charge in [0.05, 0.1) is 23.9 Å². The average Bonchev–Trinajstić information content (AvgIpc) is 3.55. The molecule has 0 aliphatic heterocycles. The zero-order chi connectivity index (χ0) is 25.1. The summed E-state index contributed by atoms with van der Waals surface area (Å²) < 4.78 is 16.7. The topological polar surface area (TPSA) is 104 Å². The zero-order valence-corrected chi connectivity index (χ0v) is 20.2. The van der Waals surface area contributed by atoms with Gasteiger partial charge in [0, 0.05) is 10.9 Å². The van der Waals surface area contributed by atoms with Gasteiger partial charge in [0.1, 0.15) is 11.3 Å². The molecule has 1 amide bonds. The quantitative estimate of drug-likeness (QED) is 0.282. The second-order valence-electron chi connectivity index (χ2n) is 7.81. The summed E-state index contributed by atoms with van der Waals surface area (Å²) in [6.45, 7) is 1.50. The maximum absolute atomic E-state index is 13.0. The molecule has 0 radical (unpaired) electrons. The number of rotatable bonds is 7. The highest BCUT2D eigenvalue weighted by Crippen LogP contribution is 2.32. The van der Waals surface area contributed by atoms with Crippen molar-refractivity contribution in [3.8, 4) is 28.5 Å². The lowest BCUT2D eigenvalue weighted by atomic mass is 10.1. The second kappa shape index (κ2) is 10.0. The molecule has 36 heavy (non-hydrogen) atoms. The number of ether oxygens (including phenoxy) is 2. The second-order valence-corrected chi connectivity index (χ2v) is 8.67. The van der Waals surface area contributed by atoms with Crippen LogP contribution in [-0.2, 0) is 9.53 Å². The molecule has 2 heterocycles. The number of benzene rings is 3. The molecule has 1 N–H and O–H groups in total. The number of aromatic nitrogens is 2. The molecule has 0 saturated carbocycles. The number of oxazole rings is 1. The highest BCUT2D eigenvalue weighted by molar-refractivity contribution is 7.14. The fraction of sp³-hybridized carbons (Fsp3) is 0.111. The van der Waals surface area contributed by atoms with Crippen LogP contribution in [0.2, 0.25) is 0 Å². The van der Waals surface area contributed by atoms with Crippen molar-refractivity contribution in [1.82, 2.24) is 9.97 Å². The Hall–Kier alpha value is -4.50. The molecule has 1 unspecified atom stereocenters. The van der Waals surface area contributed by atoms with Crippen LogP contribution >= 0.6 is 11.3 Å². The third-order valence-electron chi connectivity index (χ3n) is 5.44. The first-order chi connectivity index (χ1) is 17.5. The van der Waals surface area contributed by atoms with Gasteiger partial charge < -0.3 is 13.9 Å². The van der Waals surface area contributed by atoms with Gasteiger partial charge in [-0.15, -0.1) is 11.3 Å². The van der Waals surface area contributed by atoms with Crippen LogP contribution in [0.15, 0.2) is 82.6 Å². The van der Waals surface area contributed by atoms with E-state index in [1.165, 1.54) is 18.3 Å². The van der Waals surface area contributed by atoms with Crippen molar-refractivity contribution in [1.29, 1.82) is 0 Å². The highest BCUT2D eigenvalue weighted by atomic mass is 32.1. The van der Waals surface area contributed by atoms with Gasteiger partial charge in [-0.05, 0) is 43.3 Å². The van der Waals surface area contributed by atoms with Gasteiger partial charge in [-0.1, -0.05) is 36.4 Å². The smallest absolute Gasteiger partial charge is 0.339 e. The van der Waals surface area contributed by atoms with Crippen molar-refractivity contribution in [2.75, 3.05) is 12.4 Å². The van der Waals surface area contributed by atoms with E-state index in [2.05, 4.69) is 15.3 Å². The first-order valence-electron chi connectivity index (χ1n) is 11.1. The summed E-state index contributed by atoms with van der Waals surface area (Å²) in [5.74, 6) is -0.180. The molecule has 5 aromatic rings. The number of esters is 1. The molecule has 0 spiro atoms. The van der Waals surface area contributed by atoms with Gasteiger partial charge in [-0.25, -0.2) is 14.8 Å². The Balaban J connectivity index is 1.29. The molecule has 180 valence electrons. The lowest BCUT2D eigenvalue weighted by molar-refractivity contribution is -0.123. The molecule has 0 bridgehead atoms. The summed E-state index contributed by atoms with van der Waals surface area (Å²) in [4.78, 5) is 34.7. The van der Waals surface area contributed by atoms with Crippen molar-refractivity contribution in [2.45, 2.75) is 13.0 Å². The molecular weight excluding hydrogens is 478 g/mol. The van der Waals surface area contributed by atoms with Crippen LogP contribution in [0.4, 0.5) is 5.13 Å². The maximum Gasteiger partial charge on any atom is 0.339 e. The Labute approximate surface area is 210 Å². The van der Waals surface area contributed by atoms with Gasteiger partial charge in [0.25, 0.3) is 5.91 Å². The maximum atomic E-state index is 13.0. The monoisotopic (exact) mass is 499 g/mol. The molecular formula is C27H21N3O5S. The lowest BCUT2D eigenvalue weighted by Crippen LogP contribution is -2.30. The minimum atomic E-state index is -1.06. The SMILES string of the molecule is COc1ccccc1-c1csc(NC(=O)C(C)OC(=O)c2ccccc2-c2nc3ccccc3o2)n1. The van der Waals surface area contributed by atoms with Crippen molar-refractivity contribution in [3.05, 3.63) is 83.7 Å². The van der Waals surface area contributed by atoms with Crippen LogP contribution in [-0.4, -0.2) is 35.1 Å². The number of carbonyl (C=O) groups excluding carboxylic acids is 2. The Morgan fingerprint density at radius 3 is 2.47 bits per heavy atom. The predicted octanol–water partition coefficient (Wildman–Crippen LogP) is 5.81. The Bertz CT molecular complexity index is 1520. The van der Waals surface area contributed by atoms with E-state index in [1.807, 2.05) is 47.8 Å². The summed E-state index contributed by atoms with van der Waals surface area (Å²) in [7, 11) is 1.59. The molecule has 2 aromatic heterocycles. The van der Waals surface area contributed by atoms with E-state index in [0.29, 0.717) is 39.1 Å². The zero-order valence-electron chi connectivity index (χ0n) is 19.4. The third-order valence-corrected chi connectivity index (χ3v) is 6.20. The van der Waals surface area contributed by atoms with Gasteiger partial charge in [-0.2, -0.15) is 0 Å². The van der Waals surface area contributed by atoms with Crippen LogP contribution in [0.5, 0.6) is 5.75 Å². The molecule has 8 nitrogen and oxygen atoms in total. The van der Waals surface area contributed by atoms with Crippen LogP contribution in [0, 0.1) is 0 Å². The van der Waals surface area contributed by atoms with E-state index >= 15 is 0 Å². The van der Waals surface area contributed by atoms with Crippen LogP contribution < -0.4 is 10.1 Å². The molecule has 0 aliphatic carbocycles. The third kappa shape index (κ3) is 4.69. The number of thiazole rings is 1. The molecule has 1 atom stereocenters. The Kier molecular flexibility index (Phi) is 6.46. The van der Waals surface area contributed by atoms with Crippen molar-refractivity contribution in [2.24, 2.45) is 0 Å². The minimum absolute atomic E-state index is 0.247. The summed E-state index contributed by atoms with van der Waals surface area (Å²) >= 11 is 1.27. The van der Waals surface area contributed by atoms with E-state index in [4.69, 9.17) is 13.9 Å². The minimum Gasteiger partial charge on any atom is -0.496 e. The number of para-hydroxylation sites is 3. The van der Waals surface area contributed by atoms with Crippen molar-refractivity contribution in [3.63, 3.8) is 0 Å². The van der Waals surface area contributed by atoms with Crippen LogP contribution in [0.25, 0.3) is 33.8 Å². The first kappa shape index (κ1) is 23.3. The van der Waals surface area contributed by atoms with Gasteiger partial charge in [-0.3, -0.25) is 10.1 Å². The van der Waals surface area contributed by atoms with E-state index in [1.54, 1.807) is 37.4 Å². The number of methoxy groups -OCH3 is 1. The molecule has 0 saturated heterocycles. The molecule has 5 rings (SSSR count). The number of amides is 1.